The number of amides is 1. The molecular formula is C29H44N6O4. The van der Waals surface area contributed by atoms with E-state index in [0.29, 0.717) is 26.1 Å². The van der Waals surface area contributed by atoms with Gasteiger partial charge in [0, 0.05) is 54.7 Å². The predicted molar refractivity (Wildman–Crippen MR) is 151 cm³/mol. The fourth-order valence-corrected chi connectivity index (χ4v) is 4.15. The van der Waals surface area contributed by atoms with Gasteiger partial charge in [0.15, 0.2) is 11.5 Å². The summed E-state index contributed by atoms with van der Waals surface area (Å²) in [7, 11) is 0. The lowest BCUT2D eigenvalue weighted by molar-refractivity contribution is -0.136. The SMILES string of the molecule is CC(CNCc1cc(C(C)(C)C)ccc1OCCCC(=O)NCCC(=O)O)c1nnc2cc(C(C)(C)C)[nH]n12. The molecule has 10 nitrogen and oxygen atoms in total. The van der Waals surface area contributed by atoms with Crippen molar-refractivity contribution in [1.82, 2.24) is 30.4 Å². The Labute approximate surface area is 230 Å². The quantitative estimate of drug-likeness (QED) is 0.238. The van der Waals surface area contributed by atoms with Gasteiger partial charge in [-0.05, 0) is 23.5 Å². The van der Waals surface area contributed by atoms with Crippen LogP contribution in [-0.2, 0) is 27.0 Å². The Hall–Kier alpha value is -3.40. The van der Waals surface area contributed by atoms with E-state index in [1.54, 1.807) is 0 Å². The summed E-state index contributed by atoms with van der Waals surface area (Å²) in [6.45, 7) is 17.0. The summed E-state index contributed by atoms with van der Waals surface area (Å²) in [5.74, 6) is 0.703. The molecule has 214 valence electrons. The number of nitrogens with one attached hydrogen (secondary N) is 3. The van der Waals surface area contributed by atoms with Crippen molar-refractivity contribution >= 4 is 17.5 Å². The third-order valence-electron chi connectivity index (χ3n) is 6.63. The van der Waals surface area contributed by atoms with Crippen molar-refractivity contribution in [2.24, 2.45) is 0 Å². The highest BCUT2D eigenvalue weighted by Crippen LogP contribution is 2.29. The molecule has 0 aliphatic heterocycles. The number of benzene rings is 1. The summed E-state index contributed by atoms with van der Waals surface area (Å²) in [6.07, 6.45) is 0.745. The van der Waals surface area contributed by atoms with Crippen molar-refractivity contribution in [3.63, 3.8) is 0 Å². The van der Waals surface area contributed by atoms with E-state index in [4.69, 9.17) is 9.84 Å². The number of hydrogen-bond donors (Lipinski definition) is 4. The highest BCUT2D eigenvalue weighted by Gasteiger charge is 2.21. The number of aromatic nitrogens is 4. The van der Waals surface area contributed by atoms with Crippen molar-refractivity contribution in [1.29, 1.82) is 0 Å². The Balaban J connectivity index is 1.60. The zero-order chi connectivity index (χ0) is 28.8. The minimum absolute atomic E-state index is 0.000115. The topological polar surface area (TPSA) is 134 Å². The molecule has 0 saturated heterocycles. The van der Waals surface area contributed by atoms with Crippen LogP contribution in [0.25, 0.3) is 5.65 Å². The summed E-state index contributed by atoms with van der Waals surface area (Å²) >= 11 is 0. The summed E-state index contributed by atoms with van der Waals surface area (Å²) in [4.78, 5) is 22.5. The first-order valence-corrected chi connectivity index (χ1v) is 13.7. The molecule has 1 amide bonds. The van der Waals surface area contributed by atoms with Gasteiger partial charge >= 0.3 is 5.97 Å². The van der Waals surface area contributed by atoms with E-state index in [9.17, 15) is 9.59 Å². The van der Waals surface area contributed by atoms with E-state index in [0.717, 1.165) is 28.5 Å². The van der Waals surface area contributed by atoms with Crippen molar-refractivity contribution in [2.45, 2.75) is 91.0 Å². The van der Waals surface area contributed by atoms with Crippen LogP contribution in [0.1, 0.15) is 96.3 Å². The lowest BCUT2D eigenvalue weighted by Crippen LogP contribution is -2.26. The fraction of sp³-hybridized carbons (Fsp3) is 0.586. The van der Waals surface area contributed by atoms with Gasteiger partial charge in [0.2, 0.25) is 5.91 Å². The minimum atomic E-state index is -0.929. The minimum Gasteiger partial charge on any atom is -0.493 e. The molecule has 0 aliphatic rings. The van der Waals surface area contributed by atoms with Gasteiger partial charge in [-0.1, -0.05) is 60.6 Å². The molecule has 0 spiro atoms. The van der Waals surface area contributed by atoms with Crippen molar-refractivity contribution in [2.75, 3.05) is 19.7 Å². The predicted octanol–water partition coefficient (Wildman–Crippen LogP) is 4.30. The second-order valence-corrected chi connectivity index (χ2v) is 12.2. The molecule has 2 aromatic heterocycles. The van der Waals surface area contributed by atoms with Crippen LogP contribution >= 0.6 is 0 Å². The molecule has 10 heteroatoms. The zero-order valence-electron chi connectivity index (χ0n) is 24.4. The lowest BCUT2D eigenvalue weighted by atomic mass is 9.86. The Morgan fingerprint density at radius 2 is 1.82 bits per heavy atom. The molecule has 2 heterocycles. The average Bonchev–Trinajstić information content (AvgIpc) is 3.43. The lowest BCUT2D eigenvalue weighted by Gasteiger charge is -2.22. The van der Waals surface area contributed by atoms with Crippen molar-refractivity contribution in [3.8, 4) is 5.75 Å². The standard InChI is InChI=1S/C29H44N6O4/c1-19(27-33-32-24-16-23(29(5,6)7)34-35(24)27)17-30-18-20-15-21(28(2,3)4)10-11-22(20)39-14-8-9-25(36)31-13-12-26(37)38/h10-11,15-16,19,30,34H,8-9,12-14,17-18H2,1-7H3,(H,31,36)(H,37,38). The normalized spacial score (nSPS) is 13.0. The highest BCUT2D eigenvalue weighted by molar-refractivity contribution is 5.76. The molecule has 3 aromatic rings. The molecule has 0 radical (unpaired) electrons. The zero-order valence-corrected chi connectivity index (χ0v) is 24.4. The second-order valence-electron chi connectivity index (χ2n) is 12.2. The Morgan fingerprint density at radius 3 is 2.49 bits per heavy atom. The third kappa shape index (κ3) is 8.54. The molecule has 39 heavy (non-hydrogen) atoms. The maximum atomic E-state index is 11.9. The largest absolute Gasteiger partial charge is 0.493 e. The monoisotopic (exact) mass is 540 g/mol. The molecule has 1 aromatic carbocycles. The molecule has 0 aliphatic carbocycles. The maximum absolute atomic E-state index is 11.9. The van der Waals surface area contributed by atoms with Crippen LogP contribution in [0.2, 0.25) is 0 Å². The Kier molecular flexibility index (Phi) is 9.77. The Morgan fingerprint density at radius 1 is 1.08 bits per heavy atom. The van der Waals surface area contributed by atoms with Crippen LogP contribution in [-0.4, -0.2) is 56.5 Å². The van der Waals surface area contributed by atoms with Gasteiger partial charge in [-0.25, -0.2) is 4.52 Å². The second kappa shape index (κ2) is 12.6. The number of hydrogen-bond acceptors (Lipinski definition) is 6. The van der Waals surface area contributed by atoms with Crippen LogP contribution in [0.4, 0.5) is 0 Å². The van der Waals surface area contributed by atoms with Gasteiger partial charge < -0.3 is 20.5 Å². The number of nitrogens with zero attached hydrogens (tertiary/aromatic N) is 3. The molecule has 0 fully saturated rings. The number of fused-ring (bicyclic) bond motifs is 1. The molecule has 3 rings (SSSR count). The smallest absolute Gasteiger partial charge is 0.305 e. The first kappa shape index (κ1) is 30.1. The van der Waals surface area contributed by atoms with E-state index in [1.807, 2.05) is 10.6 Å². The number of carboxylic acid groups (broad SMARTS) is 1. The summed E-state index contributed by atoms with van der Waals surface area (Å²) in [5.41, 5.74) is 4.22. The molecule has 4 N–H and O–H groups in total. The van der Waals surface area contributed by atoms with E-state index >= 15 is 0 Å². The van der Waals surface area contributed by atoms with E-state index in [2.05, 4.69) is 92.6 Å². The van der Waals surface area contributed by atoms with Gasteiger partial charge in [-0.2, -0.15) is 0 Å². The van der Waals surface area contributed by atoms with Crippen LogP contribution in [0.15, 0.2) is 24.3 Å². The number of aromatic amines is 1. The molecule has 0 bridgehead atoms. The van der Waals surface area contributed by atoms with E-state index in [1.165, 1.54) is 5.56 Å². The van der Waals surface area contributed by atoms with Crippen LogP contribution in [0.5, 0.6) is 5.75 Å². The molecule has 1 atom stereocenters. The first-order chi connectivity index (χ1) is 18.3. The van der Waals surface area contributed by atoms with Crippen LogP contribution < -0.4 is 15.4 Å². The summed E-state index contributed by atoms with van der Waals surface area (Å²) in [6, 6.07) is 8.33. The number of ether oxygens (including phenoxy) is 1. The number of H-pyrrole nitrogens is 1. The molecule has 1 unspecified atom stereocenters. The maximum Gasteiger partial charge on any atom is 0.305 e. The first-order valence-electron chi connectivity index (χ1n) is 13.7. The molecule has 0 saturated carbocycles. The van der Waals surface area contributed by atoms with Crippen LogP contribution in [0.3, 0.4) is 0 Å². The Bertz CT molecular complexity index is 1270. The molecular weight excluding hydrogens is 496 g/mol. The van der Waals surface area contributed by atoms with E-state index < -0.39 is 5.97 Å². The summed E-state index contributed by atoms with van der Waals surface area (Å²) < 4.78 is 8.05. The number of aliphatic carboxylic acids is 1. The highest BCUT2D eigenvalue weighted by atomic mass is 16.5. The fourth-order valence-electron chi connectivity index (χ4n) is 4.15. The van der Waals surface area contributed by atoms with Gasteiger partial charge in [0.25, 0.3) is 0 Å². The third-order valence-corrected chi connectivity index (χ3v) is 6.63. The van der Waals surface area contributed by atoms with Gasteiger partial charge in [-0.15, -0.1) is 10.2 Å². The number of carboxylic acids is 1. The van der Waals surface area contributed by atoms with Gasteiger partial charge in [0.05, 0.1) is 13.0 Å². The van der Waals surface area contributed by atoms with Gasteiger partial charge in [-0.3, -0.25) is 14.7 Å². The number of rotatable bonds is 13. The summed E-state index contributed by atoms with van der Waals surface area (Å²) in [5, 5.41) is 27.1. The average molecular weight is 541 g/mol. The number of carbonyl (C=O) groups excluding carboxylic acids is 1. The van der Waals surface area contributed by atoms with Crippen LogP contribution in [0, 0.1) is 0 Å². The van der Waals surface area contributed by atoms with Crippen molar-refractivity contribution < 1.29 is 19.4 Å². The number of carbonyl (C=O) groups is 2. The van der Waals surface area contributed by atoms with Gasteiger partial charge in [0.1, 0.15) is 5.75 Å². The van der Waals surface area contributed by atoms with E-state index in [-0.39, 0.29) is 42.0 Å². The van der Waals surface area contributed by atoms with Crippen molar-refractivity contribution in [3.05, 3.63) is 46.9 Å².